The van der Waals surface area contributed by atoms with Crippen LogP contribution in [0.4, 0.5) is 5.69 Å². The number of anilines is 1. The van der Waals surface area contributed by atoms with Crippen molar-refractivity contribution in [2.45, 2.75) is 0 Å². The Labute approximate surface area is 81.6 Å². The summed E-state index contributed by atoms with van der Waals surface area (Å²) in [5.41, 5.74) is 0.831. The fourth-order valence-electron chi connectivity index (χ4n) is 0.806. The van der Waals surface area contributed by atoms with Gasteiger partial charge in [-0.1, -0.05) is 18.2 Å². The second-order valence-electron chi connectivity index (χ2n) is 2.35. The molecule has 0 aliphatic carbocycles. The van der Waals surface area contributed by atoms with Crippen LogP contribution in [0, 0.1) is 11.5 Å². The summed E-state index contributed by atoms with van der Waals surface area (Å²) in [6.45, 7) is 3.58. The number of halogens is 1. The summed E-state index contributed by atoms with van der Waals surface area (Å²) >= 11 is 5.69. The predicted octanol–water partition coefficient (Wildman–Crippen LogP) is 2.29. The van der Waals surface area contributed by atoms with Crippen LogP contribution in [-0.4, -0.2) is 0 Å². The Morgan fingerprint density at radius 3 is 2.54 bits per heavy atom. The van der Waals surface area contributed by atoms with Crippen LogP contribution in [0.3, 0.4) is 0 Å². The molecule has 0 aliphatic heterocycles. The summed E-state index contributed by atoms with van der Waals surface area (Å²) in [7, 11) is 0. The molecule has 13 heavy (non-hydrogen) atoms. The summed E-state index contributed by atoms with van der Waals surface area (Å²) in [6.07, 6.45) is 1.76. The van der Waals surface area contributed by atoms with E-state index in [2.05, 4.69) is 17.2 Å². The molecule has 1 aromatic carbocycles. The number of hydrogen-bond donors (Lipinski definition) is 2. The average Bonchev–Trinajstić information content (AvgIpc) is 2.09. The van der Waals surface area contributed by atoms with Gasteiger partial charge in [0.25, 0.3) is 0 Å². The third-order valence-electron chi connectivity index (χ3n) is 1.35. The van der Waals surface area contributed by atoms with Crippen LogP contribution in [0.15, 0.2) is 36.7 Å². The topological polar surface area (TPSA) is 47.9 Å². The van der Waals surface area contributed by atoms with E-state index in [1.54, 1.807) is 30.5 Å². The number of nitriles is 1. The van der Waals surface area contributed by atoms with Crippen LogP contribution < -0.4 is 10.6 Å². The van der Waals surface area contributed by atoms with Gasteiger partial charge in [0.1, 0.15) is 5.82 Å². The SMILES string of the molecule is C=C(NC#N)Nc1ccc(Cl)cc1. The second-order valence-corrected chi connectivity index (χ2v) is 2.78. The van der Waals surface area contributed by atoms with Crippen LogP contribution in [0.5, 0.6) is 0 Å². The van der Waals surface area contributed by atoms with Crippen LogP contribution in [-0.2, 0) is 0 Å². The number of nitrogens with zero attached hydrogens (tertiary/aromatic N) is 1. The molecule has 0 radical (unpaired) electrons. The van der Waals surface area contributed by atoms with Crippen LogP contribution in [0.25, 0.3) is 0 Å². The van der Waals surface area contributed by atoms with E-state index in [0.717, 1.165) is 5.69 Å². The lowest BCUT2D eigenvalue weighted by atomic mass is 10.3. The minimum Gasteiger partial charge on any atom is -0.342 e. The van der Waals surface area contributed by atoms with Gasteiger partial charge in [0.15, 0.2) is 6.19 Å². The van der Waals surface area contributed by atoms with Crippen molar-refractivity contribution in [3.8, 4) is 6.19 Å². The first-order valence-electron chi connectivity index (χ1n) is 3.59. The zero-order chi connectivity index (χ0) is 9.68. The van der Waals surface area contributed by atoms with Crippen LogP contribution >= 0.6 is 11.6 Å². The van der Waals surface area contributed by atoms with Crippen molar-refractivity contribution in [1.82, 2.24) is 5.32 Å². The fourth-order valence-corrected chi connectivity index (χ4v) is 0.932. The summed E-state index contributed by atoms with van der Waals surface area (Å²) in [5.74, 6) is 0.435. The molecule has 2 N–H and O–H groups in total. The van der Waals surface area contributed by atoms with Crippen molar-refractivity contribution >= 4 is 17.3 Å². The van der Waals surface area contributed by atoms with Crippen molar-refractivity contribution in [2.24, 2.45) is 0 Å². The predicted molar refractivity (Wildman–Crippen MR) is 53.0 cm³/mol. The van der Waals surface area contributed by atoms with Crippen molar-refractivity contribution in [3.63, 3.8) is 0 Å². The molecule has 0 aliphatic rings. The molecule has 0 saturated carbocycles. The molecule has 0 saturated heterocycles. The molecule has 1 rings (SSSR count). The standard InChI is InChI=1S/C9H8ClN3/c1-7(12-6-11)13-9-4-2-8(10)3-5-9/h2-5,12-13H,1H2. The normalized spacial score (nSPS) is 8.62. The number of rotatable bonds is 3. The van der Waals surface area contributed by atoms with Crippen molar-refractivity contribution in [3.05, 3.63) is 41.7 Å². The molecule has 0 unspecified atom stereocenters. The molecule has 0 atom stereocenters. The van der Waals surface area contributed by atoms with E-state index >= 15 is 0 Å². The lowest BCUT2D eigenvalue weighted by Gasteiger charge is -2.06. The van der Waals surface area contributed by atoms with Gasteiger partial charge in [-0.25, -0.2) is 0 Å². The molecular weight excluding hydrogens is 186 g/mol. The summed E-state index contributed by atoms with van der Waals surface area (Å²) in [6, 6.07) is 7.10. The molecule has 0 fully saturated rings. The Bertz CT molecular complexity index is 337. The first kappa shape index (κ1) is 9.43. The van der Waals surface area contributed by atoms with Gasteiger partial charge < -0.3 is 5.32 Å². The summed E-state index contributed by atoms with van der Waals surface area (Å²) in [4.78, 5) is 0. The highest BCUT2D eigenvalue weighted by atomic mass is 35.5. The highest BCUT2D eigenvalue weighted by Crippen LogP contribution is 2.13. The van der Waals surface area contributed by atoms with Gasteiger partial charge in [-0.2, -0.15) is 5.26 Å². The molecule has 3 nitrogen and oxygen atoms in total. The number of nitrogens with one attached hydrogen (secondary N) is 2. The van der Waals surface area contributed by atoms with E-state index in [1.807, 2.05) is 0 Å². The summed E-state index contributed by atoms with van der Waals surface area (Å²) < 4.78 is 0. The highest BCUT2D eigenvalue weighted by molar-refractivity contribution is 6.30. The Hall–Kier alpha value is -1.66. The lowest BCUT2D eigenvalue weighted by molar-refractivity contribution is 1.09. The van der Waals surface area contributed by atoms with E-state index in [1.165, 1.54) is 0 Å². The first-order chi connectivity index (χ1) is 6.22. The Morgan fingerprint density at radius 2 is 2.00 bits per heavy atom. The van der Waals surface area contributed by atoms with Gasteiger partial charge in [0, 0.05) is 10.7 Å². The minimum absolute atomic E-state index is 0.435. The van der Waals surface area contributed by atoms with E-state index in [4.69, 9.17) is 16.9 Å². The first-order valence-corrected chi connectivity index (χ1v) is 3.97. The smallest absolute Gasteiger partial charge is 0.182 e. The number of benzene rings is 1. The molecule has 4 heteroatoms. The third-order valence-corrected chi connectivity index (χ3v) is 1.60. The lowest BCUT2D eigenvalue weighted by Crippen LogP contribution is -2.12. The van der Waals surface area contributed by atoms with E-state index < -0.39 is 0 Å². The maximum atomic E-state index is 8.28. The Morgan fingerprint density at radius 1 is 1.38 bits per heavy atom. The largest absolute Gasteiger partial charge is 0.342 e. The zero-order valence-corrected chi connectivity index (χ0v) is 7.60. The highest BCUT2D eigenvalue weighted by Gasteiger charge is 1.93. The fraction of sp³-hybridized carbons (Fsp3) is 0. The molecular formula is C9H8ClN3. The van der Waals surface area contributed by atoms with Crippen molar-refractivity contribution in [1.29, 1.82) is 5.26 Å². The van der Waals surface area contributed by atoms with Gasteiger partial charge in [0.2, 0.25) is 0 Å². The number of hydrogen-bond acceptors (Lipinski definition) is 3. The van der Waals surface area contributed by atoms with Crippen molar-refractivity contribution < 1.29 is 0 Å². The molecule has 0 spiro atoms. The maximum Gasteiger partial charge on any atom is 0.182 e. The average molecular weight is 194 g/mol. The van der Waals surface area contributed by atoms with Gasteiger partial charge in [-0.05, 0) is 24.3 Å². The van der Waals surface area contributed by atoms with Crippen molar-refractivity contribution in [2.75, 3.05) is 5.32 Å². The molecule has 66 valence electrons. The van der Waals surface area contributed by atoms with Crippen LogP contribution in [0.2, 0.25) is 5.02 Å². The van der Waals surface area contributed by atoms with Crippen LogP contribution in [0.1, 0.15) is 0 Å². The quantitative estimate of drug-likeness (QED) is 0.572. The zero-order valence-electron chi connectivity index (χ0n) is 6.84. The van der Waals surface area contributed by atoms with Gasteiger partial charge >= 0.3 is 0 Å². The summed E-state index contributed by atoms with van der Waals surface area (Å²) in [5, 5.41) is 14.2. The molecule has 1 aromatic rings. The van der Waals surface area contributed by atoms with E-state index in [0.29, 0.717) is 10.8 Å². The molecule has 0 aromatic heterocycles. The third kappa shape index (κ3) is 3.06. The van der Waals surface area contributed by atoms with Gasteiger partial charge in [-0.15, -0.1) is 0 Å². The van der Waals surface area contributed by atoms with Gasteiger partial charge in [0.05, 0.1) is 0 Å². The second kappa shape index (κ2) is 4.39. The molecule has 0 heterocycles. The Balaban J connectivity index is 2.60. The molecule has 0 bridgehead atoms. The van der Waals surface area contributed by atoms with Gasteiger partial charge in [-0.3, -0.25) is 5.32 Å². The maximum absolute atomic E-state index is 8.28. The molecule has 0 amide bonds. The van der Waals surface area contributed by atoms with E-state index in [-0.39, 0.29) is 0 Å². The van der Waals surface area contributed by atoms with E-state index in [9.17, 15) is 0 Å². The monoisotopic (exact) mass is 193 g/mol. The Kier molecular flexibility index (Phi) is 3.18. The minimum atomic E-state index is 0.435.